The lowest BCUT2D eigenvalue weighted by Crippen LogP contribution is -2.30. The van der Waals surface area contributed by atoms with Crippen molar-refractivity contribution in [2.24, 2.45) is 10.7 Å². The maximum Gasteiger partial charge on any atom is 0.261 e. The van der Waals surface area contributed by atoms with Crippen LogP contribution in [0.3, 0.4) is 0 Å². The van der Waals surface area contributed by atoms with Crippen LogP contribution in [0.4, 0.5) is 20.2 Å². The van der Waals surface area contributed by atoms with Gasteiger partial charge >= 0.3 is 0 Å². The number of ether oxygens (including phenoxy) is 1. The summed E-state index contributed by atoms with van der Waals surface area (Å²) < 4.78 is 34.6. The zero-order valence-electron chi connectivity index (χ0n) is 22.0. The summed E-state index contributed by atoms with van der Waals surface area (Å²) in [5, 5.41) is 20.7. The minimum absolute atomic E-state index is 0.153. The Balaban J connectivity index is 1.58. The maximum atomic E-state index is 13.8. The number of phenolic OH excluding ortho intramolecular Hbond substituents is 1. The average Bonchev–Trinajstić information content (AvgIpc) is 3.50. The number of alkyl halides is 2. The molecule has 1 atom stereocenters. The highest BCUT2D eigenvalue weighted by Gasteiger charge is 2.39. The van der Waals surface area contributed by atoms with E-state index in [1.54, 1.807) is 42.2 Å². The van der Waals surface area contributed by atoms with E-state index in [0.717, 1.165) is 22.3 Å². The number of nitrogens with one attached hydrogen (secondary N) is 2. The fraction of sp³-hybridized carbons (Fsp3) is 0.321. The normalized spacial score (nSPS) is 17.1. The van der Waals surface area contributed by atoms with Crippen molar-refractivity contribution in [1.29, 1.82) is 0 Å². The standard InChI is InChI=1S/C28H31F2N7O2/c1-4-17-8-20(38)5-6-23(17)36-27(31)22-13-35-37-14-18(21-12-32-25(39-3)7-16(21)2)9-24(37)26(22)33-11-19-10-28(29,30)15-34-19/h5-9,12-14,19,33-34,38H,4,10-11,15H2,1-3H3,(H2,31,36)/t19-/m1/s1. The Bertz CT molecular complexity index is 1550. The molecule has 11 heteroatoms. The third kappa shape index (κ3) is 5.49. The van der Waals surface area contributed by atoms with Gasteiger partial charge in [-0.2, -0.15) is 5.10 Å². The number of pyridine rings is 1. The van der Waals surface area contributed by atoms with Gasteiger partial charge in [-0.15, -0.1) is 0 Å². The van der Waals surface area contributed by atoms with Crippen LogP contribution in [0.1, 0.15) is 30.0 Å². The first kappa shape index (κ1) is 26.4. The van der Waals surface area contributed by atoms with Crippen molar-refractivity contribution in [3.63, 3.8) is 0 Å². The van der Waals surface area contributed by atoms with Crippen molar-refractivity contribution < 1.29 is 18.6 Å². The number of benzene rings is 1. The fourth-order valence-corrected chi connectivity index (χ4v) is 4.85. The number of nitrogens with zero attached hydrogens (tertiary/aromatic N) is 4. The van der Waals surface area contributed by atoms with Crippen LogP contribution >= 0.6 is 0 Å². The van der Waals surface area contributed by atoms with Gasteiger partial charge in [-0.3, -0.25) is 0 Å². The van der Waals surface area contributed by atoms with Crippen molar-refractivity contribution in [1.82, 2.24) is 19.9 Å². The molecule has 3 aromatic heterocycles. The second kappa shape index (κ2) is 10.5. The number of aliphatic imine (C=N–C) groups is 1. The summed E-state index contributed by atoms with van der Waals surface area (Å²) in [5.41, 5.74) is 12.6. The van der Waals surface area contributed by atoms with Crippen LogP contribution in [0.2, 0.25) is 0 Å². The number of phenols is 1. The SMILES string of the molecule is CCc1cc(O)ccc1N=C(N)c1cnn2cc(-c3cnc(OC)cc3C)cc2c1NC[C@H]1CC(F)(F)CN1. The lowest BCUT2D eigenvalue weighted by Gasteiger charge is -2.17. The van der Waals surface area contributed by atoms with Gasteiger partial charge in [0.15, 0.2) is 0 Å². The number of methoxy groups -OCH3 is 1. The molecule has 0 spiro atoms. The molecule has 0 radical (unpaired) electrons. The van der Waals surface area contributed by atoms with E-state index in [4.69, 9.17) is 10.5 Å². The third-order valence-corrected chi connectivity index (χ3v) is 6.92. The first-order valence-electron chi connectivity index (χ1n) is 12.7. The van der Waals surface area contributed by atoms with Crippen molar-refractivity contribution in [3.05, 3.63) is 65.6 Å². The predicted molar refractivity (Wildman–Crippen MR) is 147 cm³/mol. The summed E-state index contributed by atoms with van der Waals surface area (Å²) in [6.45, 7) is 3.85. The van der Waals surface area contributed by atoms with Gasteiger partial charge < -0.3 is 26.2 Å². The monoisotopic (exact) mass is 535 g/mol. The number of hydrogen-bond donors (Lipinski definition) is 4. The van der Waals surface area contributed by atoms with Crippen LogP contribution in [0, 0.1) is 6.92 Å². The number of rotatable bonds is 8. The Kier molecular flexibility index (Phi) is 7.09. The molecule has 4 aromatic rings. The van der Waals surface area contributed by atoms with Gasteiger partial charge in [0, 0.05) is 48.6 Å². The molecule has 1 aromatic carbocycles. The van der Waals surface area contributed by atoms with Crippen LogP contribution < -0.4 is 21.1 Å². The summed E-state index contributed by atoms with van der Waals surface area (Å²) in [5.74, 6) is -1.85. The second-order valence-corrected chi connectivity index (χ2v) is 9.72. The van der Waals surface area contributed by atoms with E-state index >= 15 is 0 Å². The second-order valence-electron chi connectivity index (χ2n) is 9.72. The van der Waals surface area contributed by atoms with E-state index in [1.165, 1.54) is 0 Å². The number of aromatic nitrogens is 3. The van der Waals surface area contributed by atoms with Gasteiger partial charge in [-0.1, -0.05) is 6.92 Å². The van der Waals surface area contributed by atoms with Gasteiger partial charge in [0.2, 0.25) is 5.88 Å². The molecule has 204 valence electrons. The Morgan fingerprint density at radius 3 is 2.82 bits per heavy atom. The van der Waals surface area contributed by atoms with E-state index in [-0.39, 0.29) is 31.1 Å². The maximum absolute atomic E-state index is 13.8. The van der Waals surface area contributed by atoms with Gasteiger partial charge in [-0.05, 0) is 48.7 Å². The Labute approximate surface area is 224 Å². The van der Waals surface area contributed by atoms with E-state index in [1.807, 2.05) is 32.2 Å². The highest BCUT2D eigenvalue weighted by atomic mass is 19.3. The number of aromatic hydroxyl groups is 1. The van der Waals surface area contributed by atoms with Gasteiger partial charge in [0.1, 0.15) is 11.6 Å². The minimum Gasteiger partial charge on any atom is -0.508 e. The Morgan fingerprint density at radius 2 is 2.13 bits per heavy atom. The zero-order valence-corrected chi connectivity index (χ0v) is 22.0. The lowest BCUT2D eigenvalue weighted by molar-refractivity contribution is 0.0214. The first-order valence-corrected chi connectivity index (χ1v) is 12.7. The molecular weight excluding hydrogens is 504 g/mol. The minimum atomic E-state index is -2.74. The summed E-state index contributed by atoms with van der Waals surface area (Å²) in [7, 11) is 1.57. The van der Waals surface area contributed by atoms with Gasteiger partial charge in [0.05, 0.1) is 42.3 Å². The molecule has 0 unspecified atom stereocenters. The van der Waals surface area contributed by atoms with Crippen molar-refractivity contribution in [2.45, 2.75) is 38.7 Å². The molecule has 1 aliphatic heterocycles. The third-order valence-electron chi connectivity index (χ3n) is 6.92. The van der Waals surface area contributed by atoms with E-state index in [0.29, 0.717) is 34.8 Å². The molecule has 0 bridgehead atoms. The van der Waals surface area contributed by atoms with E-state index in [9.17, 15) is 13.9 Å². The average molecular weight is 536 g/mol. The van der Waals surface area contributed by atoms with E-state index in [2.05, 4.69) is 25.7 Å². The van der Waals surface area contributed by atoms with Crippen LogP contribution in [0.5, 0.6) is 11.6 Å². The Morgan fingerprint density at radius 1 is 1.31 bits per heavy atom. The van der Waals surface area contributed by atoms with Crippen LogP contribution in [-0.4, -0.2) is 57.7 Å². The smallest absolute Gasteiger partial charge is 0.261 e. The quantitative estimate of drug-likeness (QED) is 0.195. The van der Waals surface area contributed by atoms with Crippen LogP contribution in [-0.2, 0) is 6.42 Å². The molecule has 0 aliphatic carbocycles. The molecule has 9 nitrogen and oxygen atoms in total. The molecule has 39 heavy (non-hydrogen) atoms. The predicted octanol–water partition coefficient (Wildman–Crippen LogP) is 4.43. The number of aryl methyl sites for hydroxylation is 2. The van der Waals surface area contributed by atoms with Crippen molar-refractivity contribution >= 4 is 22.7 Å². The topological polar surface area (TPSA) is 122 Å². The molecule has 5 N–H and O–H groups in total. The fourth-order valence-electron chi connectivity index (χ4n) is 4.85. The summed E-state index contributed by atoms with van der Waals surface area (Å²) in [6.07, 6.45) is 5.64. The summed E-state index contributed by atoms with van der Waals surface area (Å²) in [4.78, 5) is 8.98. The largest absolute Gasteiger partial charge is 0.508 e. The molecule has 0 saturated carbocycles. The van der Waals surface area contributed by atoms with E-state index < -0.39 is 12.0 Å². The molecule has 1 fully saturated rings. The summed E-state index contributed by atoms with van der Waals surface area (Å²) in [6, 6.07) is 8.32. The Hall–Kier alpha value is -4.25. The summed E-state index contributed by atoms with van der Waals surface area (Å²) >= 11 is 0. The molecule has 4 heterocycles. The molecule has 1 aliphatic rings. The lowest BCUT2D eigenvalue weighted by atomic mass is 10.1. The van der Waals surface area contributed by atoms with Crippen LogP contribution in [0.25, 0.3) is 16.6 Å². The molecule has 1 saturated heterocycles. The number of nitrogens with two attached hydrogens (primary N) is 1. The van der Waals surface area contributed by atoms with Gasteiger partial charge in [0.25, 0.3) is 5.92 Å². The number of fused-ring (bicyclic) bond motifs is 1. The van der Waals surface area contributed by atoms with Gasteiger partial charge in [-0.25, -0.2) is 23.3 Å². The molecular formula is C28H31F2N7O2. The van der Waals surface area contributed by atoms with Crippen molar-refractivity contribution in [2.75, 3.05) is 25.5 Å². The number of anilines is 1. The van der Waals surface area contributed by atoms with Crippen LogP contribution in [0.15, 0.2) is 53.9 Å². The highest BCUT2D eigenvalue weighted by Crippen LogP contribution is 2.33. The number of halogens is 2. The highest BCUT2D eigenvalue weighted by molar-refractivity contribution is 6.06. The number of amidine groups is 1. The number of hydrogen-bond acceptors (Lipinski definition) is 7. The molecule has 5 rings (SSSR count). The molecule has 0 amide bonds. The first-order chi connectivity index (χ1) is 18.7. The van der Waals surface area contributed by atoms with Crippen molar-refractivity contribution in [3.8, 4) is 22.8 Å². The zero-order chi connectivity index (χ0) is 27.7.